The molecule has 2 saturated carbocycles. The highest BCUT2D eigenvalue weighted by Crippen LogP contribution is 2.47. The molecule has 4 aliphatic rings. The number of benzene rings is 4. The molecule has 2 saturated heterocycles. The van der Waals surface area contributed by atoms with E-state index in [9.17, 15) is 32.3 Å². The predicted octanol–water partition coefficient (Wildman–Crippen LogP) is 8.00. The van der Waals surface area contributed by atoms with Crippen molar-refractivity contribution in [2.75, 3.05) is 36.0 Å². The molecule has 4 N–H and O–H groups in total. The predicted molar refractivity (Wildman–Crippen MR) is 243 cm³/mol. The number of halogens is 4. The Bertz CT molecular complexity index is 2710. The molecule has 2 aliphatic carbocycles. The van der Waals surface area contributed by atoms with Crippen molar-refractivity contribution in [2.45, 2.75) is 49.0 Å². The van der Waals surface area contributed by atoms with Gasteiger partial charge in [0.2, 0.25) is 0 Å². The lowest BCUT2D eigenvalue weighted by molar-refractivity contribution is 0.0686. The summed E-state index contributed by atoms with van der Waals surface area (Å²) in [4.78, 5) is 60.6. The number of aromatic nitrogens is 2. The van der Waals surface area contributed by atoms with Crippen LogP contribution in [0.4, 0.5) is 24.8 Å². The van der Waals surface area contributed by atoms with Crippen LogP contribution in [0.3, 0.4) is 0 Å². The first-order valence-corrected chi connectivity index (χ1v) is 22.0. The van der Waals surface area contributed by atoms with Crippen molar-refractivity contribution in [3.05, 3.63) is 177 Å². The van der Waals surface area contributed by atoms with Crippen LogP contribution in [0.25, 0.3) is 0 Å². The number of carboxylic acids is 2. The van der Waals surface area contributed by atoms with Crippen molar-refractivity contribution < 1.29 is 52.0 Å². The van der Waals surface area contributed by atoms with Gasteiger partial charge >= 0.3 is 11.9 Å². The molecule has 0 bridgehead atoms. The molecule has 6 aromatic rings. The van der Waals surface area contributed by atoms with Gasteiger partial charge in [-0.3, -0.25) is 9.59 Å². The molecule has 0 spiro atoms. The van der Waals surface area contributed by atoms with Gasteiger partial charge in [-0.15, -0.1) is 0 Å². The first-order chi connectivity index (χ1) is 32.7. The Kier molecular flexibility index (Phi) is 12.4. The van der Waals surface area contributed by atoms with Gasteiger partial charge in [0, 0.05) is 11.1 Å². The summed E-state index contributed by atoms with van der Waals surface area (Å²) in [6, 6.07) is 28.1. The Balaban J connectivity index is 0.000000170. The van der Waals surface area contributed by atoms with E-state index in [4.69, 9.17) is 31.3 Å². The topological polar surface area (TPSA) is 184 Å². The molecule has 4 heterocycles. The third-order valence-electron chi connectivity index (χ3n) is 12.2. The fourth-order valence-corrected chi connectivity index (χ4v) is 8.37. The quantitative estimate of drug-likeness (QED) is 0.0827. The molecule has 0 unspecified atom stereocenters. The van der Waals surface area contributed by atoms with Crippen molar-refractivity contribution in [3.63, 3.8) is 0 Å². The lowest BCUT2D eigenvalue weighted by Gasteiger charge is -2.40. The maximum Gasteiger partial charge on any atom is 0.335 e. The number of nitrogens with one attached hydrogen (secondary N) is 2. The van der Waals surface area contributed by atoms with E-state index >= 15 is 0 Å². The molecule has 0 radical (unpaired) electrons. The summed E-state index contributed by atoms with van der Waals surface area (Å²) < 4.78 is 53.1. The van der Waals surface area contributed by atoms with Crippen LogP contribution in [0.15, 0.2) is 122 Å². The van der Waals surface area contributed by atoms with Gasteiger partial charge in [0.05, 0.1) is 71.9 Å². The van der Waals surface area contributed by atoms with Crippen LogP contribution in [-0.4, -0.2) is 82.3 Å². The highest BCUT2D eigenvalue weighted by Gasteiger charge is 2.48. The molecule has 4 fully saturated rings. The Labute approximate surface area is 392 Å². The molecular weight excluding hydrogens is 905 g/mol. The van der Waals surface area contributed by atoms with Crippen LogP contribution in [0.5, 0.6) is 11.5 Å². The highest BCUT2D eigenvalue weighted by molar-refractivity contribution is 6.30. The van der Waals surface area contributed by atoms with Crippen LogP contribution in [0.2, 0.25) is 5.02 Å². The molecule has 14 nitrogen and oxygen atoms in total. The summed E-state index contributed by atoms with van der Waals surface area (Å²) in [5.41, 5.74) is 0.998. The third kappa shape index (κ3) is 10.0. The van der Waals surface area contributed by atoms with Crippen molar-refractivity contribution in [3.8, 4) is 11.5 Å². The minimum absolute atomic E-state index is 0.108. The zero-order valence-corrected chi connectivity index (χ0v) is 36.8. The lowest BCUT2D eigenvalue weighted by atomic mass is 10.0. The number of carbonyl (C=O) groups excluding carboxylic acids is 2. The number of hydrogen-bond acceptors (Lipinski definition) is 10. The van der Waals surface area contributed by atoms with E-state index < -0.39 is 46.5 Å². The zero-order valence-electron chi connectivity index (χ0n) is 36.0. The number of hydrogen-bond donors (Lipinski definition) is 4. The van der Waals surface area contributed by atoms with Gasteiger partial charge in [0.1, 0.15) is 52.8 Å². The Morgan fingerprint density at radius 1 is 0.574 bits per heavy atom. The fourth-order valence-electron chi connectivity index (χ4n) is 8.19. The normalized spacial score (nSPS) is 16.5. The maximum absolute atomic E-state index is 14.0. The monoisotopic (exact) mass is 946 g/mol. The van der Waals surface area contributed by atoms with Gasteiger partial charge in [-0.2, -0.15) is 0 Å². The van der Waals surface area contributed by atoms with Gasteiger partial charge < -0.3 is 40.1 Å². The molecule has 2 amide bonds. The van der Waals surface area contributed by atoms with E-state index in [1.54, 1.807) is 59.5 Å². The smallest absolute Gasteiger partial charge is 0.335 e. The summed E-state index contributed by atoms with van der Waals surface area (Å²) in [7, 11) is 0. The zero-order chi connectivity index (χ0) is 47.7. The van der Waals surface area contributed by atoms with Crippen molar-refractivity contribution >= 4 is 47.0 Å². The van der Waals surface area contributed by atoms with Crippen LogP contribution < -0.4 is 29.9 Å². The van der Waals surface area contributed by atoms with E-state index in [1.165, 1.54) is 42.5 Å². The van der Waals surface area contributed by atoms with Crippen molar-refractivity contribution in [1.82, 2.24) is 20.6 Å². The summed E-state index contributed by atoms with van der Waals surface area (Å²) >= 11 is 6.00. The standard InChI is InChI=1S/C25H21ClFN3O4.C25H21F2N3O4/c2*26-17-2-1-3-19(10-17)34-20-13-30(14-20)22-21(11-18(27)12-28-22)23(31)29-25(8-9-25)16-6-4-15(5-7-16)24(32)33/h2*1-7,10-12,20H,8-9,13-14H2,(H,29,31)(H,32,33). The minimum atomic E-state index is -1.02. The molecule has 68 heavy (non-hydrogen) atoms. The van der Waals surface area contributed by atoms with E-state index in [1.807, 2.05) is 11.0 Å². The van der Waals surface area contributed by atoms with Gasteiger partial charge in [0.15, 0.2) is 0 Å². The fraction of sp³-hybridized carbons (Fsp3) is 0.240. The first-order valence-electron chi connectivity index (χ1n) is 21.6. The van der Waals surface area contributed by atoms with E-state index in [2.05, 4.69) is 20.6 Å². The number of carboxylic acid groups (broad SMARTS) is 2. The maximum atomic E-state index is 14.0. The first kappa shape index (κ1) is 45.5. The summed E-state index contributed by atoms with van der Waals surface area (Å²) in [6.07, 6.45) is 4.63. The number of pyridine rings is 2. The minimum Gasteiger partial charge on any atom is -0.487 e. The second-order valence-corrected chi connectivity index (χ2v) is 17.5. The number of carbonyl (C=O) groups is 4. The molecule has 0 atom stereocenters. The Morgan fingerprint density at radius 2 is 0.985 bits per heavy atom. The molecular formula is C50H42ClF3N6O8. The van der Waals surface area contributed by atoms with Gasteiger partial charge in [-0.1, -0.05) is 48.0 Å². The van der Waals surface area contributed by atoms with E-state index in [0.717, 1.165) is 29.6 Å². The van der Waals surface area contributed by atoms with Crippen LogP contribution in [0, 0.1) is 17.5 Å². The SMILES string of the molecule is O=C(O)c1ccc(C2(NC(=O)c3cc(F)cnc3N3CC(Oc4cccc(Cl)c4)C3)CC2)cc1.O=C(O)c1ccc(C2(NC(=O)c3cc(F)cnc3N3CC(Oc4cccc(F)c4)C3)CC2)cc1. The second kappa shape index (κ2) is 18.6. The van der Waals surface area contributed by atoms with Crippen molar-refractivity contribution in [1.29, 1.82) is 0 Å². The second-order valence-electron chi connectivity index (χ2n) is 17.1. The molecule has 2 aliphatic heterocycles. The third-order valence-corrected chi connectivity index (χ3v) is 12.5. The molecule has 18 heteroatoms. The number of nitrogens with zero attached hydrogens (tertiary/aromatic N) is 4. The molecule has 348 valence electrons. The molecule has 10 rings (SSSR count). The number of ether oxygens (including phenoxy) is 2. The van der Waals surface area contributed by atoms with Crippen LogP contribution >= 0.6 is 11.6 Å². The van der Waals surface area contributed by atoms with E-state index in [0.29, 0.717) is 80.0 Å². The average molecular weight is 947 g/mol. The lowest BCUT2D eigenvalue weighted by Crippen LogP contribution is -2.55. The van der Waals surface area contributed by atoms with Gasteiger partial charge in [0.25, 0.3) is 11.8 Å². The van der Waals surface area contributed by atoms with Crippen LogP contribution in [-0.2, 0) is 11.1 Å². The largest absolute Gasteiger partial charge is 0.487 e. The summed E-state index contributed by atoms with van der Waals surface area (Å²) in [6.45, 7) is 1.81. The number of rotatable bonds is 14. The van der Waals surface area contributed by atoms with Crippen molar-refractivity contribution in [2.24, 2.45) is 0 Å². The Morgan fingerprint density at radius 3 is 1.37 bits per heavy atom. The summed E-state index contributed by atoms with van der Waals surface area (Å²) in [5, 5.41) is 24.8. The van der Waals surface area contributed by atoms with Gasteiger partial charge in [-0.05, 0) is 104 Å². The molecule has 4 aromatic carbocycles. The average Bonchev–Trinajstić information content (AvgIpc) is 4.24. The Hall–Kier alpha value is -7.66. The highest BCUT2D eigenvalue weighted by atomic mass is 35.5. The van der Waals surface area contributed by atoms with Crippen LogP contribution in [0.1, 0.15) is 78.2 Å². The molecule has 2 aromatic heterocycles. The number of amides is 2. The number of aromatic carboxylic acids is 2. The van der Waals surface area contributed by atoms with Gasteiger partial charge in [-0.25, -0.2) is 32.7 Å². The number of anilines is 2. The summed E-state index contributed by atoms with van der Waals surface area (Å²) in [5.74, 6) is -2.73. The van der Waals surface area contributed by atoms with E-state index in [-0.39, 0.29) is 40.3 Å².